The second-order valence-corrected chi connectivity index (χ2v) is 6.96. The molecule has 1 aromatic rings. The predicted molar refractivity (Wildman–Crippen MR) is 89.5 cm³/mol. The first-order valence-corrected chi connectivity index (χ1v) is 9.24. The van der Waals surface area contributed by atoms with E-state index in [-0.39, 0.29) is 0 Å². The third-order valence-corrected chi connectivity index (χ3v) is 5.14. The first kappa shape index (κ1) is 15.9. The molecule has 124 valence electrons. The molecule has 2 aliphatic rings. The topological polar surface area (TPSA) is 30.3 Å². The molecule has 1 saturated carbocycles. The molecule has 4 heteroatoms. The maximum absolute atomic E-state index is 5.87. The molecule has 1 saturated heterocycles. The van der Waals surface area contributed by atoms with Crippen molar-refractivity contribution in [1.82, 2.24) is 14.7 Å². The molecule has 0 bridgehead atoms. The molecule has 0 amide bonds. The van der Waals surface area contributed by atoms with Crippen molar-refractivity contribution in [3.8, 4) is 5.88 Å². The van der Waals surface area contributed by atoms with Crippen LogP contribution in [0, 0.1) is 6.92 Å². The summed E-state index contributed by atoms with van der Waals surface area (Å²) in [7, 11) is 0. The molecule has 4 nitrogen and oxygen atoms in total. The van der Waals surface area contributed by atoms with Crippen LogP contribution in [0.1, 0.15) is 69.5 Å². The Labute approximate surface area is 134 Å². The molecule has 0 aromatic carbocycles. The van der Waals surface area contributed by atoms with Crippen molar-refractivity contribution in [1.29, 1.82) is 0 Å². The second kappa shape index (κ2) is 8.00. The van der Waals surface area contributed by atoms with Crippen molar-refractivity contribution in [2.75, 3.05) is 26.2 Å². The minimum absolute atomic E-state index is 0.598. The summed E-state index contributed by atoms with van der Waals surface area (Å²) in [6.07, 6.45) is 11.8. The minimum atomic E-state index is 0.598. The van der Waals surface area contributed by atoms with Crippen molar-refractivity contribution in [2.24, 2.45) is 0 Å². The lowest BCUT2D eigenvalue weighted by Gasteiger charge is -2.23. The summed E-state index contributed by atoms with van der Waals surface area (Å²) in [4.78, 5) is 2.57. The number of hydrogen-bond donors (Lipinski definition) is 0. The number of hydrogen-bond acceptors (Lipinski definition) is 3. The molecular weight excluding hydrogens is 274 g/mol. The maximum Gasteiger partial charge on any atom is 0.233 e. The summed E-state index contributed by atoms with van der Waals surface area (Å²) in [5.74, 6) is 0.823. The Kier molecular flexibility index (Phi) is 5.76. The number of nitrogens with zero attached hydrogens (tertiary/aromatic N) is 3. The third kappa shape index (κ3) is 4.25. The van der Waals surface area contributed by atoms with Crippen LogP contribution in [0.3, 0.4) is 0 Å². The van der Waals surface area contributed by atoms with E-state index in [9.17, 15) is 0 Å². The highest BCUT2D eigenvalue weighted by Gasteiger charge is 2.18. The maximum atomic E-state index is 5.87. The average Bonchev–Trinajstić information content (AvgIpc) is 3.17. The van der Waals surface area contributed by atoms with Gasteiger partial charge in [0, 0.05) is 11.8 Å². The molecule has 1 aliphatic heterocycles. The lowest BCUT2D eigenvalue weighted by Crippen LogP contribution is -2.20. The van der Waals surface area contributed by atoms with Crippen molar-refractivity contribution >= 4 is 0 Å². The van der Waals surface area contributed by atoms with E-state index in [0.29, 0.717) is 6.04 Å². The van der Waals surface area contributed by atoms with E-state index in [4.69, 9.17) is 9.84 Å². The Balaban J connectivity index is 1.38. The number of ether oxygens (including phenoxy) is 1. The molecule has 0 spiro atoms. The van der Waals surface area contributed by atoms with Crippen molar-refractivity contribution in [3.05, 3.63) is 11.8 Å². The normalized spacial score (nSPS) is 20.6. The standard InChI is InChI=1S/C18H31N3O/c1-16-15-18(19-21(16)17-9-3-2-4-10-17)22-14-8-7-13-20-11-5-6-12-20/h15,17H,2-14H2,1H3. The molecule has 0 unspecified atom stereocenters. The van der Waals surface area contributed by atoms with E-state index in [1.54, 1.807) is 0 Å². The van der Waals surface area contributed by atoms with Gasteiger partial charge in [0.05, 0.1) is 12.6 Å². The smallest absolute Gasteiger partial charge is 0.233 e. The third-order valence-electron chi connectivity index (χ3n) is 5.14. The highest BCUT2D eigenvalue weighted by atomic mass is 16.5. The molecule has 22 heavy (non-hydrogen) atoms. The van der Waals surface area contributed by atoms with Gasteiger partial charge < -0.3 is 9.64 Å². The zero-order valence-corrected chi connectivity index (χ0v) is 14.1. The van der Waals surface area contributed by atoms with Gasteiger partial charge in [0.2, 0.25) is 5.88 Å². The van der Waals surface area contributed by atoms with E-state index < -0.39 is 0 Å². The molecule has 3 rings (SSSR count). The van der Waals surface area contributed by atoms with Gasteiger partial charge in [-0.25, -0.2) is 0 Å². The molecular formula is C18H31N3O. The molecule has 1 aromatic heterocycles. The van der Waals surface area contributed by atoms with Crippen LogP contribution in [0.25, 0.3) is 0 Å². The monoisotopic (exact) mass is 305 g/mol. The van der Waals surface area contributed by atoms with Crippen molar-refractivity contribution in [2.45, 2.75) is 70.8 Å². The largest absolute Gasteiger partial charge is 0.477 e. The molecule has 0 radical (unpaired) electrons. The summed E-state index contributed by atoms with van der Waals surface area (Å²) in [6.45, 7) is 6.79. The van der Waals surface area contributed by atoms with Crippen molar-refractivity contribution in [3.63, 3.8) is 0 Å². The predicted octanol–water partition coefficient (Wildman–Crippen LogP) is 3.95. The van der Waals surface area contributed by atoms with Gasteiger partial charge >= 0.3 is 0 Å². The fourth-order valence-corrected chi connectivity index (χ4v) is 3.84. The van der Waals surface area contributed by atoms with Gasteiger partial charge in [-0.05, 0) is 65.1 Å². The van der Waals surface area contributed by atoms with Crippen LogP contribution in [-0.2, 0) is 0 Å². The van der Waals surface area contributed by atoms with Crippen LogP contribution in [0.15, 0.2) is 6.07 Å². The summed E-state index contributed by atoms with van der Waals surface area (Å²) in [5, 5.41) is 4.69. The van der Waals surface area contributed by atoms with Crippen LogP contribution in [0.5, 0.6) is 5.88 Å². The molecule has 2 heterocycles. The van der Waals surface area contributed by atoms with Crippen LogP contribution < -0.4 is 4.74 Å². The fraction of sp³-hybridized carbons (Fsp3) is 0.833. The van der Waals surface area contributed by atoms with Crippen LogP contribution in [0.2, 0.25) is 0 Å². The van der Waals surface area contributed by atoms with Gasteiger partial charge in [0.1, 0.15) is 0 Å². The molecule has 0 atom stereocenters. The SMILES string of the molecule is Cc1cc(OCCCCN2CCCC2)nn1C1CCCCC1. The van der Waals surface area contributed by atoms with Crippen molar-refractivity contribution < 1.29 is 4.74 Å². The number of aryl methyl sites for hydroxylation is 1. The van der Waals surface area contributed by atoms with E-state index in [1.165, 1.54) is 76.7 Å². The van der Waals surface area contributed by atoms with Gasteiger partial charge in [-0.2, -0.15) is 0 Å². The van der Waals surface area contributed by atoms with Gasteiger partial charge in [-0.3, -0.25) is 4.68 Å². The first-order valence-electron chi connectivity index (χ1n) is 9.24. The zero-order chi connectivity index (χ0) is 15.2. The molecule has 0 N–H and O–H groups in total. The average molecular weight is 305 g/mol. The van der Waals surface area contributed by atoms with E-state index in [1.807, 2.05) is 0 Å². The Bertz CT molecular complexity index is 445. The van der Waals surface area contributed by atoms with E-state index >= 15 is 0 Å². The molecule has 1 aliphatic carbocycles. The van der Waals surface area contributed by atoms with Crippen LogP contribution in [-0.4, -0.2) is 40.9 Å². The second-order valence-electron chi connectivity index (χ2n) is 6.96. The Morgan fingerprint density at radius 3 is 2.64 bits per heavy atom. The van der Waals surface area contributed by atoms with E-state index in [0.717, 1.165) is 18.9 Å². The van der Waals surface area contributed by atoms with E-state index in [2.05, 4.69) is 22.6 Å². The highest BCUT2D eigenvalue weighted by Crippen LogP contribution is 2.29. The van der Waals surface area contributed by atoms with Crippen LogP contribution in [0.4, 0.5) is 0 Å². The quantitative estimate of drug-likeness (QED) is 0.715. The lowest BCUT2D eigenvalue weighted by atomic mass is 9.95. The Morgan fingerprint density at radius 2 is 1.86 bits per heavy atom. The van der Waals surface area contributed by atoms with Gasteiger partial charge in [0.25, 0.3) is 0 Å². The highest BCUT2D eigenvalue weighted by molar-refractivity contribution is 5.15. The van der Waals surface area contributed by atoms with Gasteiger partial charge in [0.15, 0.2) is 0 Å². The summed E-state index contributed by atoms with van der Waals surface area (Å²) in [6, 6.07) is 2.70. The minimum Gasteiger partial charge on any atom is -0.477 e. The Hall–Kier alpha value is -1.03. The number of unbranched alkanes of at least 4 members (excludes halogenated alkanes) is 1. The number of likely N-dealkylation sites (tertiary alicyclic amines) is 1. The molecule has 2 fully saturated rings. The fourth-order valence-electron chi connectivity index (χ4n) is 3.84. The van der Waals surface area contributed by atoms with Gasteiger partial charge in [-0.1, -0.05) is 19.3 Å². The lowest BCUT2D eigenvalue weighted by molar-refractivity contribution is 0.263. The Morgan fingerprint density at radius 1 is 1.09 bits per heavy atom. The summed E-state index contributed by atoms with van der Waals surface area (Å²) < 4.78 is 8.08. The summed E-state index contributed by atoms with van der Waals surface area (Å²) in [5.41, 5.74) is 1.25. The van der Waals surface area contributed by atoms with Crippen LogP contribution >= 0.6 is 0 Å². The van der Waals surface area contributed by atoms with Gasteiger partial charge in [-0.15, -0.1) is 5.10 Å². The number of rotatable bonds is 7. The number of aromatic nitrogens is 2. The summed E-state index contributed by atoms with van der Waals surface area (Å²) >= 11 is 0. The first-order chi connectivity index (χ1) is 10.8. The zero-order valence-electron chi connectivity index (χ0n) is 14.1.